The molecule has 1 aliphatic rings. The Bertz CT molecular complexity index is 346. The van der Waals surface area contributed by atoms with Gasteiger partial charge < -0.3 is 4.90 Å². The molecule has 2 rings (SSSR count). The molecule has 0 aliphatic heterocycles. The highest BCUT2D eigenvalue weighted by atomic mass is 79.9. The Hall–Kier alpha value is -0.570. The highest BCUT2D eigenvalue weighted by Gasteiger charge is 2.21. The molecule has 16 heavy (non-hydrogen) atoms. The molecule has 0 N–H and O–H groups in total. The first kappa shape index (κ1) is 11.9. The van der Waals surface area contributed by atoms with Gasteiger partial charge in [-0.2, -0.15) is 0 Å². The van der Waals surface area contributed by atoms with Crippen LogP contribution in [0.4, 0.5) is 5.69 Å². The van der Waals surface area contributed by atoms with Crippen LogP contribution >= 0.6 is 15.9 Å². The molecule has 3 heteroatoms. The van der Waals surface area contributed by atoms with E-state index in [-0.39, 0.29) is 0 Å². The predicted octanol–water partition coefficient (Wildman–Crippen LogP) is 3.86. The molecular weight excluding hydrogens is 264 g/mol. The van der Waals surface area contributed by atoms with Gasteiger partial charge in [-0.25, -0.2) is 0 Å². The minimum atomic E-state index is 0.687. The number of hydrogen-bond acceptors (Lipinski definition) is 2. The first-order valence-corrected chi connectivity index (χ1v) is 6.79. The largest absolute Gasteiger partial charge is 0.370 e. The zero-order valence-electron chi connectivity index (χ0n) is 9.99. The second-order valence-corrected chi connectivity index (χ2v) is 5.80. The lowest BCUT2D eigenvalue weighted by Crippen LogP contribution is -2.34. The van der Waals surface area contributed by atoms with Crippen molar-refractivity contribution in [1.29, 1.82) is 0 Å². The van der Waals surface area contributed by atoms with E-state index in [1.54, 1.807) is 0 Å². The maximum Gasteiger partial charge on any atom is 0.0563 e. The molecule has 0 radical (unpaired) electrons. The van der Waals surface area contributed by atoms with Crippen LogP contribution in [0.5, 0.6) is 0 Å². The van der Waals surface area contributed by atoms with Crippen LogP contribution in [0.25, 0.3) is 0 Å². The van der Waals surface area contributed by atoms with Crippen molar-refractivity contribution in [1.82, 2.24) is 4.98 Å². The summed E-state index contributed by atoms with van der Waals surface area (Å²) in [6.45, 7) is 2.36. The summed E-state index contributed by atoms with van der Waals surface area (Å²) in [6, 6.07) is 2.83. The van der Waals surface area contributed by atoms with Crippen LogP contribution in [0.15, 0.2) is 22.9 Å². The summed E-state index contributed by atoms with van der Waals surface area (Å²) in [6.07, 6.45) is 9.12. The van der Waals surface area contributed by atoms with Crippen molar-refractivity contribution in [3.63, 3.8) is 0 Å². The molecule has 0 bridgehead atoms. The average Bonchev–Trinajstić information content (AvgIpc) is 2.29. The SMILES string of the molecule is CC1CCC(N(C)c2cncc(Br)c2)CC1. The van der Waals surface area contributed by atoms with Crippen LogP contribution in [0.3, 0.4) is 0 Å². The van der Waals surface area contributed by atoms with Gasteiger partial charge >= 0.3 is 0 Å². The lowest BCUT2D eigenvalue weighted by atomic mass is 9.86. The van der Waals surface area contributed by atoms with Crippen molar-refractivity contribution in [3.05, 3.63) is 22.9 Å². The molecule has 1 fully saturated rings. The van der Waals surface area contributed by atoms with Crippen molar-refractivity contribution in [2.45, 2.75) is 38.6 Å². The van der Waals surface area contributed by atoms with E-state index in [0.717, 1.165) is 10.4 Å². The molecule has 1 aromatic rings. The maximum absolute atomic E-state index is 4.23. The van der Waals surface area contributed by atoms with Gasteiger partial charge in [0, 0.05) is 23.8 Å². The Morgan fingerprint density at radius 1 is 1.25 bits per heavy atom. The van der Waals surface area contributed by atoms with Gasteiger partial charge in [-0.3, -0.25) is 4.98 Å². The van der Waals surface area contributed by atoms with Crippen molar-refractivity contribution in [2.24, 2.45) is 5.92 Å². The molecule has 0 amide bonds. The Balaban J connectivity index is 2.04. The summed E-state index contributed by atoms with van der Waals surface area (Å²) >= 11 is 3.47. The normalized spacial score (nSPS) is 25.4. The number of pyridine rings is 1. The van der Waals surface area contributed by atoms with E-state index in [9.17, 15) is 0 Å². The molecule has 88 valence electrons. The number of nitrogens with zero attached hydrogens (tertiary/aromatic N) is 2. The number of hydrogen-bond donors (Lipinski definition) is 0. The van der Waals surface area contributed by atoms with Crippen LogP contribution in [0, 0.1) is 5.92 Å². The van der Waals surface area contributed by atoms with Crippen molar-refractivity contribution in [2.75, 3.05) is 11.9 Å². The highest BCUT2D eigenvalue weighted by molar-refractivity contribution is 9.10. The maximum atomic E-state index is 4.23. The van der Waals surface area contributed by atoms with E-state index in [2.05, 4.69) is 45.9 Å². The van der Waals surface area contributed by atoms with Gasteiger partial charge in [0.25, 0.3) is 0 Å². The van der Waals surface area contributed by atoms with E-state index >= 15 is 0 Å². The van der Waals surface area contributed by atoms with Crippen LogP contribution in [-0.4, -0.2) is 18.1 Å². The molecule has 2 nitrogen and oxygen atoms in total. The Morgan fingerprint density at radius 3 is 2.56 bits per heavy atom. The van der Waals surface area contributed by atoms with Crippen LogP contribution in [0.1, 0.15) is 32.6 Å². The quantitative estimate of drug-likeness (QED) is 0.819. The highest BCUT2D eigenvalue weighted by Crippen LogP contribution is 2.29. The van der Waals surface area contributed by atoms with Crippen molar-refractivity contribution >= 4 is 21.6 Å². The van der Waals surface area contributed by atoms with E-state index < -0.39 is 0 Å². The summed E-state index contributed by atoms with van der Waals surface area (Å²) in [5, 5.41) is 0. The summed E-state index contributed by atoms with van der Waals surface area (Å²) in [5.74, 6) is 0.908. The first-order valence-electron chi connectivity index (χ1n) is 6.00. The summed E-state index contributed by atoms with van der Waals surface area (Å²) < 4.78 is 1.06. The van der Waals surface area contributed by atoms with E-state index in [4.69, 9.17) is 0 Å². The molecule has 1 aromatic heterocycles. The number of halogens is 1. The fourth-order valence-electron chi connectivity index (χ4n) is 2.43. The minimum absolute atomic E-state index is 0.687. The molecule has 1 aliphatic carbocycles. The second kappa shape index (κ2) is 5.17. The van der Waals surface area contributed by atoms with Crippen molar-refractivity contribution < 1.29 is 0 Å². The molecule has 0 aromatic carbocycles. The fraction of sp³-hybridized carbons (Fsp3) is 0.615. The van der Waals surface area contributed by atoms with Gasteiger partial charge in [-0.15, -0.1) is 0 Å². The molecule has 0 spiro atoms. The van der Waals surface area contributed by atoms with Gasteiger partial charge in [-0.05, 0) is 53.6 Å². The molecular formula is C13H19BrN2. The Labute approximate surface area is 106 Å². The number of anilines is 1. The molecule has 1 heterocycles. The molecule has 1 saturated carbocycles. The van der Waals surface area contributed by atoms with Gasteiger partial charge in [-0.1, -0.05) is 6.92 Å². The van der Waals surface area contributed by atoms with Crippen molar-refractivity contribution in [3.8, 4) is 0 Å². The summed E-state index contributed by atoms with van der Waals surface area (Å²) in [5.41, 5.74) is 1.22. The standard InChI is InChI=1S/C13H19BrN2/c1-10-3-5-12(6-4-10)16(2)13-7-11(14)8-15-9-13/h7-10,12H,3-6H2,1-2H3. The Morgan fingerprint density at radius 2 is 1.94 bits per heavy atom. The fourth-order valence-corrected chi connectivity index (χ4v) is 2.79. The zero-order chi connectivity index (χ0) is 11.5. The summed E-state index contributed by atoms with van der Waals surface area (Å²) in [4.78, 5) is 6.61. The van der Waals surface area contributed by atoms with Crippen LogP contribution < -0.4 is 4.90 Å². The molecule has 0 atom stereocenters. The molecule has 0 unspecified atom stereocenters. The van der Waals surface area contributed by atoms with Crippen LogP contribution in [-0.2, 0) is 0 Å². The van der Waals surface area contributed by atoms with E-state index in [0.29, 0.717) is 6.04 Å². The number of rotatable bonds is 2. The minimum Gasteiger partial charge on any atom is -0.370 e. The first-order chi connectivity index (χ1) is 7.66. The topological polar surface area (TPSA) is 16.1 Å². The van der Waals surface area contributed by atoms with E-state index in [1.807, 2.05) is 12.4 Å². The van der Waals surface area contributed by atoms with Gasteiger partial charge in [0.2, 0.25) is 0 Å². The van der Waals surface area contributed by atoms with Gasteiger partial charge in [0.1, 0.15) is 0 Å². The lowest BCUT2D eigenvalue weighted by molar-refractivity contribution is 0.340. The van der Waals surface area contributed by atoms with Gasteiger partial charge in [0.05, 0.1) is 11.9 Å². The smallest absolute Gasteiger partial charge is 0.0563 e. The third kappa shape index (κ3) is 2.76. The van der Waals surface area contributed by atoms with E-state index in [1.165, 1.54) is 31.4 Å². The third-order valence-corrected chi connectivity index (χ3v) is 4.06. The Kier molecular flexibility index (Phi) is 3.85. The second-order valence-electron chi connectivity index (χ2n) is 4.89. The predicted molar refractivity (Wildman–Crippen MR) is 71.8 cm³/mol. The van der Waals surface area contributed by atoms with Gasteiger partial charge in [0.15, 0.2) is 0 Å². The monoisotopic (exact) mass is 282 g/mol. The number of aromatic nitrogens is 1. The third-order valence-electron chi connectivity index (χ3n) is 3.63. The molecule has 0 saturated heterocycles. The zero-order valence-corrected chi connectivity index (χ0v) is 11.6. The van der Waals surface area contributed by atoms with Crippen LogP contribution in [0.2, 0.25) is 0 Å². The lowest BCUT2D eigenvalue weighted by Gasteiger charge is -2.34. The summed E-state index contributed by atoms with van der Waals surface area (Å²) in [7, 11) is 2.18. The average molecular weight is 283 g/mol.